The lowest BCUT2D eigenvalue weighted by atomic mass is 10.1. The molecule has 2 aromatic carbocycles. The Morgan fingerprint density at radius 2 is 1.87 bits per heavy atom. The van der Waals surface area contributed by atoms with Gasteiger partial charge in [0.15, 0.2) is 0 Å². The summed E-state index contributed by atoms with van der Waals surface area (Å²) in [4.78, 5) is 22.3. The molecule has 6 nitrogen and oxygen atoms in total. The fourth-order valence-electron chi connectivity index (χ4n) is 3.18. The van der Waals surface area contributed by atoms with Crippen molar-refractivity contribution in [3.05, 3.63) is 82.5 Å². The van der Waals surface area contributed by atoms with E-state index in [0.717, 1.165) is 33.1 Å². The predicted molar refractivity (Wildman–Crippen MR) is 123 cm³/mol. The molecule has 0 spiro atoms. The van der Waals surface area contributed by atoms with E-state index in [-0.39, 0.29) is 12.3 Å². The number of anilines is 1. The molecule has 5 rings (SSSR count). The molecule has 0 radical (unpaired) electrons. The van der Waals surface area contributed by atoms with Crippen LogP contribution in [0.3, 0.4) is 0 Å². The molecular weight excluding hydrogens is 428 g/mol. The van der Waals surface area contributed by atoms with E-state index < -0.39 is 0 Å². The molecule has 8 heteroatoms. The number of thiophene rings is 1. The minimum Gasteiger partial charge on any atom is -0.339 e. The highest BCUT2D eigenvalue weighted by Gasteiger charge is 2.12. The van der Waals surface area contributed by atoms with Crippen molar-refractivity contribution < 1.29 is 9.32 Å². The first kappa shape index (κ1) is 19.6. The zero-order chi connectivity index (χ0) is 21.0. The molecule has 1 N–H and O–H groups in total. The van der Waals surface area contributed by atoms with Crippen molar-refractivity contribution in [1.29, 1.82) is 0 Å². The summed E-state index contributed by atoms with van der Waals surface area (Å²) in [6, 6.07) is 19.9. The maximum Gasteiger partial charge on any atom is 0.227 e. The largest absolute Gasteiger partial charge is 0.339 e. The third kappa shape index (κ3) is 4.70. The molecule has 1 amide bonds. The number of amides is 1. The zero-order valence-electron chi connectivity index (χ0n) is 16.4. The standard InChI is InChI=1S/C23H18N4O2S2/c28-20(11-12-21-26-23(27-29-21)19-6-3-13-30-19)24-16-9-7-15(8-10-16)14-22-25-17-4-1-2-5-18(17)31-22/h1-10,13H,11-12,14H2,(H,24,28). The smallest absolute Gasteiger partial charge is 0.227 e. The zero-order valence-corrected chi connectivity index (χ0v) is 18.1. The van der Waals surface area contributed by atoms with Crippen LogP contribution >= 0.6 is 22.7 Å². The number of aryl methyl sites for hydroxylation is 1. The van der Waals surface area contributed by atoms with Gasteiger partial charge in [0.25, 0.3) is 0 Å². The quantitative estimate of drug-likeness (QED) is 0.353. The molecule has 0 fully saturated rings. The molecule has 5 aromatic rings. The summed E-state index contributed by atoms with van der Waals surface area (Å²) >= 11 is 3.26. The Balaban J connectivity index is 1.14. The summed E-state index contributed by atoms with van der Waals surface area (Å²) in [6.07, 6.45) is 1.46. The Kier molecular flexibility index (Phi) is 5.56. The maximum atomic E-state index is 12.3. The minimum absolute atomic E-state index is 0.0882. The lowest BCUT2D eigenvalue weighted by molar-refractivity contribution is -0.116. The summed E-state index contributed by atoms with van der Waals surface area (Å²) in [5, 5.41) is 9.93. The average molecular weight is 447 g/mol. The van der Waals surface area contributed by atoms with E-state index in [1.165, 1.54) is 4.70 Å². The van der Waals surface area contributed by atoms with E-state index in [1.54, 1.807) is 22.7 Å². The number of benzene rings is 2. The van der Waals surface area contributed by atoms with Crippen LogP contribution in [0.1, 0.15) is 22.9 Å². The molecule has 0 aliphatic rings. The van der Waals surface area contributed by atoms with Crippen molar-refractivity contribution >= 4 is 44.5 Å². The number of nitrogens with zero attached hydrogens (tertiary/aromatic N) is 3. The normalized spacial score (nSPS) is 11.1. The van der Waals surface area contributed by atoms with Crippen LogP contribution in [0.5, 0.6) is 0 Å². The van der Waals surface area contributed by atoms with Gasteiger partial charge in [0.1, 0.15) is 0 Å². The van der Waals surface area contributed by atoms with Gasteiger partial charge in [-0.1, -0.05) is 35.5 Å². The van der Waals surface area contributed by atoms with Gasteiger partial charge < -0.3 is 9.84 Å². The van der Waals surface area contributed by atoms with E-state index in [9.17, 15) is 4.79 Å². The second-order valence-corrected chi connectivity index (χ2v) is 9.05. The van der Waals surface area contributed by atoms with Crippen LogP contribution in [0, 0.1) is 0 Å². The SMILES string of the molecule is O=C(CCc1nc(-c2cccs2)no1)Nc1ccc(Cc2nc3ccccc3s2)cc1. The first-order valence-electron chi connectivity index (χ1n) is 9.83. The van der Waals surface area contributed by atoms with Gasteiger partial charge in [-0.05, 0) is 41.3 Å². The van der Waals surface area contributed by atoms with Crippen molar-refractivity contribution in [2.75, 3.05) is 5.32 Å². The van der Waals surface area contributed by atoms with Crippen molar-refractivity contribution in [2.24, 2.45) is 0 Å². The van der Waals surface area contributed by atoms with Crippen molar-refractivity contribution in [2.45, 2.75) is 19.3 Å². The molecule has 31 heavy (non-hydrogen) atoms. The van der Waals surface area contributed by atoms with Crippen LogP contribution in [-0.2, 0) is 17.6 Å². The minimum atomic E-state index is -0.0882. The Bertz CT molecular complexity index is 1270. The topological polar surface area (TPSA) is 80.9 Å². The number of rotatable bonds is 7. The van der Waals surface area contributed by atoms with Crippen LogP contribution < -0.4 is 5.32 Å². The fraction of sp³-hybridized carbons (Fsp3) is 0.130. The molecule has 154 valence electrons. The number of aromatic nitrogens is 3. The first-order chi connectivity index (χ1) is 15.2. The van der Waals surface area contributed by atoms with Crippen molar-refractivity contribution in [1.82, 2.24) is 15.1 Å². The summed E-state index contributed by atoms with van der Waals surface area (Å²) in [5.74, 6) is 0.939. The maximum absolute atomic E-state index is 12.3. The highest BCUT2D eigenvalue weighted by Crippen LogP contribution is 2.24. The number of carbonyl (C=O) groups excluding carboxylic acids is 1. The third-order valence-electron chi connectivity index (χ3n) is 4.71. The molecule has 3 heterocycles. The second-order valence-electron chi connectivity index (χ2n) is 6.99. The Morgan fingerprint density at radius 1 is 1.00 bits per heavy atom. The molecule has 0 aliphatic heterocycles. The lowest BCUT2D eigenvalue weighted by Crippen LogP contribution is -2.12. The van der Waals surface area contributed by atoms with Gasteiger partial charge in [0.2, 0.25) is 17.6 Å². The summed E-state index contributed by atoms with van der Waals surface area (Å²) in [6.45, 7) is 0. The Hall–Kier alpha value is -3.36. The number of nitrogens with one attached hydrogen (secondary N) is 1. The van der Waals surface area contributed by atoms with Crippen LogP contribution in [0.4, 0.5) is 5.69 Å². The molecule has 0 atom stereocenters. The Labute approximate surface area is 186 Å². The Morgan fingerprint density at radius 3 is 2.68 bits per heavy atom. The van der Waals surface area contributed by atoms with Gasteiger partial charge in [-0.15, -0.1) is 22.7 Å². The van der Waals surface area contributed by atoms with Gasteiger partial charge in [0.05, 0.1) is 20.1 Å². The van der Waals surface area contributed by atoms with E-state index in [2.05, 4.69) is 26.5 Å². The number of carbonyl (C=O) groups is 1. The molecule has 0 unspecified atom stereocenters. The second kappa shape index (κ2) is 8.79. The highest BCUT2D eigenvalue weighted by atomic mass is 32.1. The molecular formula is C23H18N4O2S2. The van der Waals surface area contributed by atoms with Crippen LogP contribution in [-0.4, -0.2) is 21.0 Å². The van der Waals surface area contributed by atoms with Crippen molar-refractivity contribution in [3.63, 3.8) is 0 Å². The van der Waals surface area contributed by atoms with E-state index >= 15 is 0 Å². The van der Waals surface area contributed by atoms with Crippen LogP contribution in [0.15, 0.2) is 70.6 Å². The summed E-state index contributed by atoms with van der Waals surface area (Å²) < 4.78 is 6.44. The summed E-state index contributed by atoms with van der Waals surface area (Å²) in [7, 11) is 0. The van der Waals surface area contributed by atoms with Gasteiger partial charge in [0, 0.05) is 24.9 Å². The molecule has 3 aromatic heterocycles. The molecule has 0 saturated carbocycles. The fourth-order valence-corrected chi connectivity index (χ4v) is 4.83. The lowest BCUT2D eigenvalue weighted by Gasteiger charge is -2.05. The van der Waals surface area contributed by atoms with Crippen LogP contribution in [0.25, 0.3) is 20.9 Å². The van der Waals surface area contributed by atoms with Gasteiger partial charge in [-0.25, -0.2) is 4.98 Å². The van der Waals surface area contributed by atoms with Gasteiger partial charge in [-0.3, -0.25) is 4.79 Å². The first-order valence-corrected chi connectivity index (χ1v) is 11.5. The van der Waals surface area contributed by atoms with E-state index in [0.29, 0.717) is 18.1 Å². The monoisotopic (exact) mass is 446 g/mol. The summed E-state index contributed by atoms with van der Waals surface area (Å²) in [5.41, 5.74) is 2.96. The number of hydrogen-bond acceptors (Lipinski definition) is 7. The van der Waals surface area contributed by atoms with Gasteiger partial charge in [-0.2, -0.15) is 4.98 Å². The highest BCUT2D eigenvalue weighted by molar-refractivity contribution is 7.18. The van der Waals surface area contributed by atoms with Crippen molar-refractivity contribution in [3.8, 4) is 10.7 Å². The molecule has 0 aliphatic carbocycles. The predicted octanol–water partition coefficient (Wildman–Crippen LogP) is 5.57. The van der Waals surface area contributed by atoms with E-state index in [1.807, 2.05) is 60.0 Å². The molecule has 0 saturated heterocycles. The number of para-hydroxylation sites is 1. The number of hydrogen-bond donors (Lipinski definition) is 1. The molecule has 0 bridgehead atoms. The van der Waals surface area contributed by atoms with Crippen LogP contribution in [0.2, 0.25) is 0 Å². The number of thiazole rings is 1. The van der Waals surface area contributed by atoms with E-state index in [4.69, 9.17) is 4.52 Å². The number of fused-ring (bicyclic) bond motifs is 1. The van der Waals surface area contributed by atoms with Gasteiger partial charge >= 0.3 is 0 Å². The third-order valence-corrected chi connectivity index (χ3v) is 6.61. The average Bonchev–Trinajstić information content (AvgIpc) is 3.53.